The zero-order valence-corrected chi connectivity index (χ0v) is 7.96. The number of fused-ring (bicyclic) bond motifs is 1. The van der Waals surface area contributed by atoms with Gasteiger partial charge in [0.1, 0.15) is 0 Å². The number of nitrogens with two attached hydrogens (primary N) is 1. The molecule has 0 saturated carbocycles. The molecule has 2 rings (SSSR count). The van der Waals surface area contributed by atoms with Gasteiger partial charge in [-0.05, 0) is 0 Å². The number of hydrogen-bond acceptors (Lipinski definition) is 4. The van der Waals surface area contributed by atoms with Crippen LogP contribution in [-0.4, -0.2) is 19.5 Å². The maximum absolute atomic E-state index is 12.3. The highest BCUT2D eigenvalue weighted by atomic mass is 19.4. The predicted molar refractivity (Wildman–Crippen MR) is 48.5 cm³/mol. The SMILES string of the molecule is Cn1c(N)nc2nc(C(F)(F)F)[nH]c2c1=O. The fourth-order valence-electron chi connectivity index (χ4n) is 1.18. The van der Waals surface area contributed by atoms with E-state index in [4.69, 9.17) is 5.73 Å². The first-order chi connectivity index (χ1) is 7.30. The van der Waals surface area contributed by atoms with E-state index in [9.17, 15) is 18.0 Å². The van der Waals surface area contributed by atoms with Crippen LogP contribution in [0, 0.1) is 0 Å². The summed E-state index contributed by atoms with van der Waals surface area (Å²) in [6, 6.07) is 0. The number of nitrogens with one attached hydrogen (secondary N) is 1. The highest BCUT2D eigenvalue weighted by molar-refractivity contribution is 5.70. The van der Waals surface area contributed by atoms with Crippen molar-refractivity contribution < 1.29 is 13.2 Å². The zero-order chi connectivity index (χ0) is 12.1. The molecule has 0 aliphatic heterocycles. The number of H-pyrrole nitrogens is 1. The number of alkyl halides is 3. The molecule has 2 aromatic rings. The second-order valence-electron chi connectivity index (χ2n) is 3.12. The van der Waals surface area contributed by atoms with Crippen LogP contribution >= 0.6 is 0 Å². The molecule has 0 spiro atoms. The van der Waals surface area contributed by atoms with Crippen LogP contribution in [0.15, 0.2) is 4.79 Å². The molecule has 0 bridgehead atoms. The van der Waals surface area contributed by atoms with Crippen LogP contribution in [-0.2, 0) is 13.2 Å². The third-order valence-corrected chi connectivity index (χ3v) is 2.04. The van der Waals surface area contributed by atoms with E-state index in [-0.39, 0.29) is 17.1 Å². The molecule has 3 N–H and O–H groups in total. The van der Waals surface area contributed by atoms with Crippen LogP contribution in [0.2, 0.25) is 0 Å². The number of nitrogen functional groups attached to an aromatic ring is 1. The van der Waals surface area contributed by atoms with Crippen molar-refractivity contribution in [2.45, 2.75) is 6.18 Å². The lowest BCUT2D eigenvalue weighted by Crippen LogP contribution is -2.21. The van der Waals surface area contributed by atoms with Gasteiger partial charge in [-0.25, -0.2) is 4.98 Å². The lowest BCUT2D eigenvalue weighted by atomic mass is 10.5. The molecule has 0 fully saturated rings. The summed E-state index contributed by atoms with van der Waals surface area (Å²) in [4.78, 5) is 20.1. The van der Waals surface area contributed by atoms with Gasteiger partial charge in [0.25, 0.3) is 5.56 Å². The van der Waals surface area contributed by atoms with Gasteiger partial charge in [0, 0.05) is 7.05 Å². The van der Waals surface area contributed by atoms with Crippen LogP contribution in [0.25, 0.3) is 11.2 Å². The number of aromatic amines is 1. The Balaban J connectivity index is 2.82. The first-order valence-corrected chi connectivity index (χ1v) is 4.10. The number of imidazole rings is 1. The summed E-state index contributed by atoms with van der Waals surface area (Å²) < 4.78 is 37.8. The number of rotatable bonds is 0. The maximum atomic E-state index is 12.3. The standard InChI is InChI=1S/C7H6F3N5O/c1-15-4(16)2-3(14-6(15)11)13-5(12-2)7(8,9)10/h1H3,(H2,11,14)(H,12,13). The van der Waals surface area contributed by atoms with Gasteiger partial charge in [0.2, 0.25) is 11.8 Å². The third kappa shape index (κ3) is 1.40. The third-order valence-electron chi connectivity index (χ3n) is 2.04. The number of halogens is 3. The molecule has 0 atom stereocenters. The summed E-state index contributed by atoms with van der Waals surface area (Å²) in [6.07, 6.45) is -4.65. The molecule has 0 unspecified atom stereocenters. The minimum atomic E-state index is -4.65. The number of anilines is 1. The smallest absolute Gasteiger partial charge is 0.369 e. The molecule has 16 heavy (non-hydrogen) atoms. The average molecular weight is 233 g/mol. The van der Waals surface area contributed by atoms with E-state index in [1.165, 1.54) is 7.05 Å². The van der Waals surface area contributed by atoms with E-state index in [0.29, 0.717) is 0 Å². The second-order valence-corrected chi connectivity index (χ2v) is 3.12. The molecule has 9 heteroatoms. The maximum Gasteiger partial charge on any atom is 0.449 e. The summed E-state index contributed by atoms with van der Waals surface area (Å²) in [6.45, 7) is 0. The summed E-state index contributed by atoms with van der Waals surface area (Å²) >= 11 is 0. The Labute approximate surface area is 85.9 Å². The van der Waals surface area contributed by atoms with Crippen molar-refractivity contribution >= 4 is 17.1 Å². The highest BCUT2D eigenvalue weighted by Crippen LogP contribution is 2.27. The fraction of sp³-hybridized carbons (Fsp3) is 0.286. The van der Waals surface area contributed by atoms with Gasteiger partial charge >= 0.3 is 6.18 Å². The van der Waals surface area contributed by atoms with Gasteiger partial charge in [-0.15, -0.1) is 0 Å². The summed E-state index contributed by atoms with van der Waals surface area (Å²) in [5.74, 6) is -1.46. The topological polar surface area (TPSA) is 89.6 Å². The van der Waals surface area contributed by atoms with Crippen LogP contribution < -0.4 is 11.3 Å². The van der Waals surface area contributed by atoms with Crippen molar-refractivity contribution in [2.75, 3.05) is 5.73 Å². The van der Waals surface area contributed by atoms with Gasteiger partial charge in [0.15, 0.2) is 11.2 Å². The van der Waals surface area contributed by atoms with E-state index in [1.807, 2.05) is 4.98 Å². The largest absolute Gasteiger partial charge is 0.449 e. The minimum Gasteiger partial charge on any atom is -0.369 e. The predicted octanol–water partition coefficient (Wildman–Crippen LogP) is 0.258. The van der Waals surface area contributed by atoms with Crippen LogP contribution in [0.3, 0.4) is 0 Å². The number of hydrogen-bond donors (Lipinski definition) is 2. The van der Waals surface area contributed by atoms with E-state index in [2.05, 4.69) is 9.97 Å². The molecule has 2 heterocycles. The van der Waals surface area contributed by atoms with Crippen LogP contribution in [0.1, 0.15) is 5.82 Å². The van der Waals surface area contributed by atoms with Crippen LogP contribution in [0.5, 0.6) is 0 Å². The molecule has 0 aliphatic rings. The molecule has 0 amide bonds. The summed E-state index contributed by atoms with van der Waals surface area (Å²) in [5, 5.41) is 0. The molecule has 6 nitrogen and oxygen atoms in total. The first kappa shape index (κ1) is 10.5. The molecular weight excluding hydrogens is 227 g/mol. The molecular formula is C7H6F3N5O. The molecule has 0 saturated heterocycles. The Morgan fingerprint density at radius 3 is 2.56 bits per heavy atom. The van der Waals surface area contributed by atoms with Crippen molar-refractivity contribution in [3.05, 3.63) is 16.2 Å². The Kier molecular flexibility index (Phi) is 1.94. The molecule has 0 aromatic carbocycles. The first-order valence-electron chi connectivity index (χ1n) is 4.10. The Hall–Kier alpha value is -2.06. The molecule has 0 aliphatic carbocycles. The van der Waals surface area contributed by atoms with Gasteiger partial charge in [-0.2, -0.15) is 18.2 Å². The Morgan fingerprint density at radius 1 is 1.38 bits per heavy atom. The fourth-order valence-corrected chi connectivity index (χ4v) is 1.18. The van der Waals surface area contributed by atoms with E-state index >= 15 is 0 Å². The summed E-state index contributed by atoms with van der Waals surface area (Å²) in [7, 11) is 1.30. The van der Waals surface area contributed by atoms with Crippen molar-refractivity contribution in [1.29, 1.82) is 0 Å². The highest BCUT2D eigenvalue weighted by Gasteiger charge is 2.35. The number of aromatic nitrogens is 4. The average Bonchev–Trinajstić information content (AvgIpc) is 2.57. The van der Waals surface area contributed by atoms with Crippen molar-refractivity contribution in [1.82, 2.24) is 19.5 Å². The van der Waals surface area contributed by atoms with E-state index in [0.717, 1.165) is 4.57 Å². The number of nitrogens with zero attached hydrogens (tertiary/aromatic N) is 3. The molecule has 0 radical (unpaired) electrons. The molecule has 86 valence electrons. The second kappa shape index (κ2) is 2.97. The van der Waals surface area contributed by atoms with Crippen molar-refractivity contribution in [3.8, 4) is 0 Å². The van der Waals surface area contributed by atoms with Gasteiger partial charge < -0.3 is 10.7 Å². The van der Waals surface area contributed by atoms with Gasteiger partial charge in [0.05, 0.1) is 0 Å². The lowest BCUT2D eigenvalue weighted by molar-refractivity contribution is -0.144. The quantitative estimate of drug-likeness (QED) is 0.682. The van der Waals surface area contributed by atoms with Gasteiger partial charge in [-0.1, -0.05) is 0 Å². The normalized spacial score (nSPS) is 12.2. The van der Waals surface area contributed by atoms with Crippen molar-refractivity contribution in [2.24, 2.45) is 7.05 Å². The zero-order valence-electron chi connectivity index (χ0n) is 7.96. The van der Waals surface area contributed by atoms with Crippen LogP contribution in [0.4, 0.5) is 19.1 Å². The summed E-state index contributed by atoms with van der Waals surface area (Å²) in [5.41, 5.74) is 3.96. The van der Waals surface area contributed by atoms with E-state index < -0.39 is 17.6 Å². The monoisotopic (exact) mass is 233 g/mol. The Morgan fingerprint density at radius 2 is 2.00 bits per heavy atom. The minimum absolute atomic E-state index is 0.197. The van der Waals surface area contributed by atoms with Gasteiger partial charge in [-0.3, -0.25) is 9.36 Å². The Bertz CT molecular complexity index is 611. The molecule has 2 aromatic heterocycles. The van der Waals surface area contributed by atoms with E-state index in [1.54, 1.807) is 0 Å². The lowest BCUT2D eigenvalue weighted by Gasteiger charge is -1.99. The van der Waals surface area contributed by atoms with Crippen molar-refractivity contribution in [3.63, 3.8) is 0 Å².